The van der Waals surface area contributed by atoms with Crippen LogP contribution in [0.5, 0.6) is 0 Å². The number of aliphatic hydroxyl groups is 1. The molecular formula is C62H95ClN4O20. The number of ether oxygens (including phenoxy) is 11. The summed E-state index contributed by atoms with van der Waals surface area (Å²) < 4.78 is 70.8. The molecule has 25 heteroatoms. The molecule has 5 heterocycles. The molecule has 0 spiro atoms. The highest BCUT2D eigenvalue weighted by Crippen LogP contribution is 2.45. The van der Waals surface area contributed by atoms with Gasteiger partial charge in [0.1, 0.15) is 35.7 Å². The number of hydrogen-bond acceptors (Lipinski definition) is 20. The van der Waals surface area contributed by atoms with Gasteiger partial charge < -0.3 is 82.0 Å². The lowest BCUT2D eigenvalue weighted by atomic mass is 9.73. The molecule has 0 radical (unpaired) electrons. The Hall–Kier alpha value is -4.86. The van der Waals surface area contributed by atoms with Gasteiger partial charge in [-0.3, -0.25) is 24.0 Å². The van der Waals surface area contributed by atoms with Crippen LogP contribution in [0.2, 0.25) is 5.02 Å². The van der Waals surface area contributed by atoms with Gasteiger partial charge in [-0.25, -0.2) is 9.59 Å². The normalized spacial score (nSPS) is 34.5. The number of pyridine rings is 1. The number of methoxy groups -OCH3 is 2. The Bertz CT molecular complexity index is 2800. The fourth-order valence-corrected chi connectivity index (χ4v) is 13.6. The van der Waals surface area contributed by atoms with Crippen molar-refractivity contribution in [3.63, 3.8) is 0 Å². The number of nitrogens with zero attached hydrogens (tertiary/aromatic N) is 3. The molecule has 24 nitrogen and oxygen atoms in total. The third-order valence-corrected chi connectivity index (χ3v) is 18.7. The first-order valence-electron chi connectivity index (χ1n) is 30.4. The van der Waals surface area contributed by atoms with E-state index in [0.717, 1.165) is 0 Å². The molecule has 6 rings (SSSR count). The molecule has 1 aromatic carbocycles. The van der Waals surface area contributed by atoms with Gasteiger partial charge in [0.05, 0.1) is 67.3 Å². The molecule has 4 aliphatic heterocycles. The molecule has 0 bridgehead atoms. The molecule has 87 heavy (non-hydrogen) atoms. The molecule has 0 unspecified atom stereocenters. The summed E-state index contributed by atoms with van der Waals surface area (Å²) in [7, 11) is 8.26. The first-order valence-corrected chi connectivity index (χ1v) is 30.7. The zero-order valence-electron chi connectivity index (χ0n) is 53.5. The highest BCUT2D eigenvalue weighted by molar-refractivity contribution is 6.32. The maximum absolute atomic E-state index is 14.9. The first kappa shape index (κ1) is 71.2. The quantitative estimate of drug-likeness (QED) is 0.0658. The minimum Gasteiger partial charge on any atom is -0.477 e. The summed E-state index contributed by atoms with van der Waals surface area (Å²) in [4.78, 5) is 97.3. The number of amides is 2. The van der Waals surface area contributed by atoms with Crippen LogP contribution in [0.15, 0.2) is 23.1 Å². The van der Waals surface area contributed by atoms with E-state index in [1.807, 2.05) is 53.6 Å². The average molecular weight is 1250 g/mol. The fourth-order valence-electron chi connectivity index (χ4n) is 13.3. The van der Waals surface area contributed by atoms with Gasteiger partial charge in [-0.05, 0) is 112 Å². The SMILES string of the molecule is CC[C@H]1OC(=O)[C@H](C)[C@@H](O[C@H]2C[C@@](C)(OC)[C@@H](OC(=O)CNC(=O)CCOCCOCCCc3cc4c(=O)c(C(=O)O)cn(CC)c4cc3Cl)[C@H](C)O2)[C@H](C)[C@@H](O[C@H]2O[C@@H](C)C[C@@H](N(C)C)[C@@H]2O)[C@](C)(OC)C[C@@H](C)C(=O)[C@H](C)[C@H]2N(C)C(=O)O[C@]12C. The second kappa shape index (κ2) is 30.3. The van der Waals surface area contributed by atoms with Crippen molar-refractivity contribution in [1.82, 2.24) is 19.7 Å². The molecule has 4 saturated heterocycles. The number of fused-ring (bicyclic) bond motifs is 2. The number of hydrogen-bond donors (Lipinski definition) is 3. The number of aliphatic hydroxyl groups excluding tert-OH is 1. The van der Waals surface area contributed by atoms with Gasteiger partial charge >= 0.3 is 24.0 Å². The number of Topliss-reactive ketones (excluding diaryl/α,β-unsaturated/α-hetero) is 1. The Morgan fingerprint density at radius 2 is 1.53 bits per heavy atom. The molecule has 4 fully saturated rings. The van der Waals surface area contributed by atoms with Gasteiger partial charge in [0.15, 0.2) is 24.3 Å². The number of carbonyl (C=O) groups excluding carboxylic acids is 5. The summed E-state index contributed by atoms with van der Waals surface area (Å²) >= 11 is 6.56. The van der Waals surface area contributed by atoms with E-state index in [-0.39, 0.29) is 74.4 Å². The zero-order chi connectivity index (χ0) is 64.6. The molecular weight excluding hydrogens is 1160 g/mol. The summed E-state index contributed by atoms with van der Waals surface area (Å²) in [6, 6.07) is 2.15. The Morgan fingerprint density at radius 1 is 0.874 bits per heavy atom. The maximum Gasteiger partial charge on any atom is 0.410 e. The highest BCUT2D eigenvalue weighted by Gasteiger charge is 2.60. The number of benzene rings is 1. The Morgan fingerprint density at radius 3 is 2.15 bits per heavy atom. The number of halogens is 1. The maximum atomic E-state index is 14.9. The Labute approximate surface area is 515 Å². The van der Waals surface area contributed by atoms with Crippen LogP contribution in [0, 0.1) is 23.7 Å². The molecule has 3 N–H and O–H groups in total. The monoisotopic (exact) mass is 1250 g/mol. The summed E-state index contributed by atoms with van der Waals surface area (Å²) in [5, 5.41) is 24.7. The number of carboxylic acid groups (broad SMARTS) is 1. The standard InChI is InChI=1S/C62H95ClN4O20/c1-17-45-62(11)53(66(14)59(76)87-62)35(5)49(70)33(3)29-60(9,77-15)54(86-58-51(72)44(65(12)13)26-34(4)81-58)36(6)52(37(7)57(75)83-45)85-48-30-61(10,78-16)55(38(8)82-48)84-47(69)31-64-46(68)21-23-80-25-24-79-22-19-20-39-27-40-43(28-42(39)63)67(18-2)32-41(50(40)71)56(73)74/h27-28,32-38,44-45,48,51-55,58,72H,17-26,29-31H2,1-16H3,(H,64,68)(H,73,74)/t33-,34+,35+,36+,37-,38+,44-,45-,48+,51+,52+,53-,54-,55+,58-,60-,61-,62-/m1/s1. The lowest BCUT2D eigenvalue weighted by Crippen LogP contribution is -2.62. The van der Waals surface area contributed by atoms with Crippen LogP contribution >= 0.6 is 11.6 Å². The number of ketones is 1. The van der Waals surface area contributed by atoms with Gasteiger partial charge in [-0.1, -0.05) is 39.3 Å². The smallest absolute Gasteiger partial charge is 0.410 e. The van der Waals surface area contributed by atoms with Crippen LogP contribution < -0.4 is 10.7 Å². The van der Waals surface area contributed by atoms with Crippen molar-refractivity contribution >= 4 is 58.2 Å². The number of aromatic carboxylic acids is 1. The zero-order valence-corrected chi connectivity index (χ0v) is 54.3. The van der Waals surface area contributed by atoms with Crippen molar-refractivity contribution in [2.75, 3.05) is 68.3 Å². The van der Waals surface area contributed by atoms with Gasteiger partial charge in [0, 0.05) is 87.7 Å². The van der Waals surface area contributed by atoms with E-state index in [0.29, 0.717) is 48.5 Å². The largest absolute Gasteiger partial charge is 0.477 e. The average Bonchev–Trinajstić information content (AvgIpc) is 1.81. The van der Waals surface area contributed by atoms with E-state index in [1.165, 1.54) is 25.3 Å². The van der Waals surface area contributed by atoms with Crippen molar-refractivity contribution in [2.45, 2.75) is 212 Å². The molecule has 1 aromatic heterocycles. The molecule has 4 aliphatic rings. The van der Waals surface area contributed by atoms with Gasteiger partial charge in [-0.2, -0.15) is 0 Å². The van der Waals surface area contributed by atoms with Crippen molar-refractivity contribution in [3.05, 3.63) is 44.7 Å². The molecule has 18 atom stereocenters. The Kier molecular flexibility index (Phi) is 24.8. The number of esters is 2. The van der Waals surface area contributed by atoms with E-state index < -0.39 is 138 Å². The number of aromatic nitrogens is 1. The van der Waals surface area contributed by atoms with Crippen molar-refractivity contribution in [1.29, 1.82) is 0 Å². The van der Waals surface area contributed by atoms with Crippen LogP contribution in [-0.2, 0) is 84.2 Å². The minimum atomic E-state index is -1.43. The first-order chi connectivity index (χ1) is 40.9. The Balaban J connectivity index is 1.10. The molecule has 2 amide bonds. The van der Waals surface area contributed by atoms with Crippen molar-refractivity contribution in [3.8, 4) is 0 Å². The summed E-state index contributed by atoms with van der Waals surface area (Å²) in [6.07, 6.45) is -6.32. The van der Waals surface area contributed by atoms with Gasteiger partial charge in [-0.15, -0.1) is 0 Å². The molecule has 490 valence electrons. The number of cyclic esters (lactones) is 1. The van der Waals surface area contributed by atoms with Crippen molar-refractivity contribution in [2.24, 2.45) is 23.7 Å². The topological polar surface area (TPSA) is 285 Å². The van der Waals surface area contributed by atoms with E-state index in [1.54, 1.807) is 65.3 Å². The number of carboxylic acids is 1. The van der Waals surface area contributed by atoms with Gasteiger partial charge in [0.2, 0.25) is 11.3 Å². The van der Waals surface area contributed by atoms with Crippen LogP contribution in [-0.4, -0.2) is 213 Å². The van der Waals surface area contributed by atoms with Crippen molar-refractivity contribution < 1.29 is 91.1 Å². The van der Waals surface area contributed by atoms with Crippen LogP contribution in [0.3, 0.4) is 0 Å². The second-order valence-electron chi connectivity index (χ2n) is 24.8. The van der Waals surface area contributed by atoms with E-state index in [9.17, 15) is 43.8 Å². The fraction of sp³-hybridized carbons (Fsp3) is 0.758. The number of carbonyl (C=O) groups is 6. The van der Waals surface area contributed by atoms with E-state index in [4.69, 9.17) is 63.7 Å². The lowest BCUT2D eigenvalue weighted by Gasteiger charge is -2.50. The molecule has 2 aromatic rings. The number of aryl methyl sites for hydroxylation is 2. The lowest BCUT2D eigenvalue weighted by molar-refractivity contribution is -0.320. The van der Waals surface area contributed by atoms with Crippen LogP contribution in [0.25, 0.3) is 10.9 Å². The third kappa shape index (κ3) is 16.2. The number of nitrogens with one attached hydrogen (secondary N) is 1. The minimum absolute atomic E-state index is 0.0229. The third-order valence-electron chi connectivity index (χ3n) is 18.3. The summed E-state index contributed by atoms with van der Waals surface area (Å²) in [5.74, 6) is -6.77. The predicted molar refractivity (Wildman–Crippen MR) is 318 cm³/mol. The summed E-state index contributed by atoms with van der Waals surface area (Å²) in [6.45, 7) is 20.3. The highest BCUT2D eigenvalue weighted by atomic mass is 35.5. The predicted octanol–water partition coefficient (Wildman–Crippen LogP) is 5.95. The second-order valence-corrected chi connectivity index (χ2v) is 25.2. The van der Waals surface area contributed by atoms with Crippen LogP contribution in [0.1, 0.15) is 131 Å². The molecule has 0 saturated carbocycles. The number of likely N-dealkylation sites (N-methyl/N-ethyl adjacent to an activating group) is 2. The van der Waals surface area contributed by atoms with E-state index >= 15 is 0 Å². The summed E-state index contributed by atoms with van der Waals surface area (Å²) in [5.41, 5.74) is -3.65. The number of rotatable bonds is 23. The van der Waals surface area contributed by atoms with Crippen LogP contribution in [0.4, 0.5) is 4.79 Å². The van der Waals surface area contributed by atoms with Gasteiger partial charge in [0.25, 0.3) is 0 Å². The van der Waals surface area contributed by atoms with E-state index in [2.05, 4.69) is 5.32 Å². The molecule has 0 aliphatic carbocycles.